The van der Waals surface area contributed by atoms with Crippen LogP contribution >= 0.6 is 9.24 Å². The molecule has 138 valence electrons. The van der Waals surface area contributed by atoms with Gasteiger partial charge in [0.2, 0.25) is 11.6 Å². The monoisotopic (exact) mass is 365 g/mol. The normalized spacial score (nSPS) is 21.2. The zero-order chi connectivity index (χ0) is 17.8. The van der Waals surface area contributed by atoms with E-state index in [9.17, 15) is 9.59 Å². The van der Waals surface area contributed by atoms with Crippen molar-refractivity contribution >= 4 is 20.8 Å². The van der Waals surface area contributed by atoms with Crippen molar-refractivity contribution in [2.75, 3.05) is 52.0 Å². The van der Waals surface area contributed by atoms with Gasteiger partial charge in [-0.2, -0.15) is 0 Å². The Labute approximate surface area is 151 Å². The molecule has 0 aromatic rings. The van der Waals surface area contributed by atoms with E-state index in [-0.39, 0.29) is 11.6 Å². The maximum absolute atomic E-state index is 12.4. The van der Waals surface area contributed by atoms with Gasteiger partial charge >= 0.3 is 0 Å². The SMILES string of the molecule is O=C1C=C(N2CC2)C(=O)C(N2CC2)=C1N1CC1.OCCCCCCP. The summed E-state index contributed by atoms with van der Waals surface area (Å²) in [5.41, 5.74) is 1.89. The van der Waals surface area contributed by atoms with Gasteiger partial charge in [0.15, 0.2) is 0 Å². The molecule has 3 fully saturated rings. The highest BCUT2D eigenvalue weighted by Crippen LogP contribution is 2.33. The number of nitrogens with zero attached hydrogens (tertiary/aromatic N) is 3. The molecular formula is C18H28N3O3P. The van der Waals surface area contributed by atoms with E-state index >= 15 is 0 Å². The first-order chi connectivity index (χ1) is 12.2. The first kappa shape index (κ1) is 18.4. The Morgan fingerprint density at radius 1 is 0.840 bits per heavy atom. The van der Waals surface area contributed by atoms with E-state index in [1.54, 1.807) is 0 Å². The van der Waals surface area contributed by atoms with Crippen LogP contribution in [-0.2, 0) is 9.59 Å². The molecule has 3 saturated heterocycles. The molecule has 0 amide bonds. The van der Waals surface area contributed by atoms with Crippen LogP contribution < -0.4 is 0 Å². The Morgan fingerprint density at radius 3 is 1.92 bits per heavy atom. The van der Waals surface area contributed by atoms with Gasteiger partial charge in [-0.05, 0) is 19.0 Å². The van der Waals surface area contributed by atoms with E-state index in [0.717, 1.165) is 45.7 Å². The lowest BCUT2D eigenvalue weighted by Gasteiger charge is -2.21. The van der Waals surface area contributed by atoms with Crippen LogP contribution in [0.3, 0.4) is 0 Å². The zero-order valence-electron chi connectivity index (χ0n) is 14.7. The zero-order valence-corrected chi connectivity index (χ0v) is 15.9. The van der Waals surface area contributed by atoms with Crippen LogP contribution in [0.2, 0.25) is 0 Å². The molecule has 1 unspecified atom stereocenters. The number of aliphatic hydroxyl groups is 1. The van der Waals surface area contributed by atoms with Crippen LogP contribution in [0.4, 0.5) is 0 Å². The van der Waals surface area contributed by atoms with Crippen molar-refractivity contribution in [2.45, 2.75) is 25.7 Å². The van der Waals surface area contributed by atoms with Crippen LogP contribution in [0.5, 0.6) is 0 Å². The molecule has 0 aromatic carbocycles. The maximum atomic E-state index is 12.4. The van der Waals surface area contributed by atoms with Crippen LogP contribution in [0.15, 0.2) is 23.2 Å². The lowest BCUT2D eigenvalue weighted by atomic mass is 10.0. The van der Waals surface area contributed by atoms with E-state index in [4.69, 9.17) is 5.11 Å². The summed E-state index contributed by atoms with van der Waals surface area (Å²) in [4.78, 5) is 30.5. The number of allylic oxidation sites excluding steroid dienone is 1. The summed E-state index contributed by atoms with van der Waals surface area (Å²) in [5, 5.41) is 8.36. The fourth-order valence-corrected chi connectivity index (χ4v) is 3.17. The molecule has 3 heterocycles. The van der Waals surface area contributed by atoms with E-state index < -0.39 is 0 Å². The van der Waals surface area contributed by atoms with Crippen molar-refractivity contribution in [3.05, 3.63) is 23.2 Å². The number of carbonyl (C=O) groups excluding carboxylic acids is 2. The third kappa shape index (κ3) is 4.83. The highest BCUT2D eigenvalue weighted by molar-refractivity contribution is 7.16. The third-order valence-corrected chi connectivity index (χ3v) is 5.01. The molecule has 7 heteroatoms. The van der Waals surface area contributed by atoms with Crippen LogP contribution in [0.25, 0.3) is 0 Å². The Bertz CT molecular complexity index is 584. The second-order valence-electron chi connectivity index (χ2n) is 6.81. The Morgan fingerprint density at radius 2 is 1.40 bits per heavy atom. The molecule has 0 radical (unpaired) electrons. The lowest BCUT2D eigenvalue weighted by Crippen LogP contribution is -2.29. The van der Waals surface area contributed by atoms with E-state index in [2.05, 4.69) is 9.24 Å². The summed E-state index contributed by atoms with van der Waals surface area (Å²) in [6.07, 6.45) is 7.44. The third-order valence-electron chi connectivity index (χ3n) is 4.60. The molecule has 0 spiro atoms. The average molecular weight is 365 g/mol. The second kappa shape index (κ2) is 8.33. The van der Waals surface area contributed by atoms with Gasteiger partial charge in [0.1, 0.15) is 11.4 Å². The number of rotatable bonds is 8. The number of ketones is 2. The second-order valence-corrected chi connectivity index (χ2v) is 7.39. The van der Waals surface area contributed by atoms with Gasteiger partial charge in [-0.1, -0.05) is 12.8 Å². The Hall–Kier alpha value is -1.39. The van der Waals surface area contributed by atoms with Crippen LogP contribution in [0.1, 0.15) is 25.7 Å². The predicted molar refractivity (Wildman–Crippen MR) is 100.0 cm³/mol. The van der Waals surface area contributed by atoms with Crippen molar-refractivity contribution in [1.29, 1.82) is 0 Å². The number of hydrogen-bond donors (Lipinski definition) is 1. The molecule has 1 aliphatic carbocycles. The lowest BCUT2D eigenvalue weighted by molar-refractivity contribution is -0.117. The van der Waals surface area contributed by atoms with E-state index in [1.165, 1.54) is 31.5 Å². The van der Waals surface area contributed by atoms with Gasteiger partial charge in [0.25, 0.3) is 0 Å². The Kier molecular flexibility index (Phi) is 6.13. The summed E-state index contributed by atoms with van der Waals surface area (Å²) >= 11 is 0. The predicted octanol–water partition coefficient (Wildman–Crippen LogP) is 0.595. The molecule has 0 saturated carbocycles. The van der Waals surface area contributed by atoms with Crippen LogP contribution in [-0.4, -0.2) is 83.4 Å². The molecule has 0 bridgehead atoms. The van der Waals surface area contributed by atoms with Crippen molar-refractivity contribution in [1.82, 2.24) is 14.7 Å². The first-order valence-corrected chi connectivity index (χ1v) is 10.1. The largest absolute Gasteiger partial charge is 0.396 e. The summed E-state index contributed by atoms with van der Waals surface area (Å²) in [5.74, 6) is 0.0485. The van der Waals surface area contributed by atoms with Gasteiger partial charge < -0.3 is 19.8 Å². The van der Waals surface area contributed by atoms with Gasteiger partial charge in [0, 0.05) is 52.0 Å². The smallest absolute Gasteiger partial charge is 0.227 e. The quantitative estimate of drug-likeness (QED) is 0.294. The molecule has 1 atom stereocenters. The fraction of sp³-hybridized carbons (Fsp3) is 0.667. The fourth-order valence-electron chi connectivity index (χ4n) is 2.89. The highest BCUT2D eigenvalue weighted by Gasteiger charge is 2.43. The standard InChI is InChI=1S/C12H13N3O2.C6H15OP/c16-9-7-8(13-1-2-13)12(17)11(15-5-6-15)10(9)14-3-4-14;7-5-3-1-2-4-6-8/h7H,1-6H2;7H,1-6,8H2. The van der Waals surface area contributed by atoms with Gasteiger partial charge in [0.05, 0.1) is 5.70 Å². The summed E-state index contributed by atoms with van der Waals surface area (Å²) < 4.78 is 0. The van der Waals surface area contributed by atoms with Gasteiger partial charge in [-0.25, -0.2) is 0 Å². The molecule has 3 aliphatic heterocycles. The number of aliphatic hydroxyl groups excluding tert-OH is 1. The minimum atomic E-state index is 0.00546. The van der Waals surface area contributed by atoms with Crippen molar-refractivity contribution in [3.63, 3.8) is 0 Å². The maximum Gasteiger partial charge on any atom is 0.227 e. The number of unbranched alkanes of at least 4 members (excludes halogenated alkanes) is 3. The molecular weight excluding hydrogens is 337 g/mol. The summed E-state index contributed by atoms with van der Waals surface area (Å²) in [6.45, 7) is 5.76. The number of Topliss-reactive ketones (excluding diaryl/α,β-unsaturated/α-hetero) is 1. The average Bonchev–Trinajstić information content (AvgIpc) is 3.47. The molecule has 4 rings (SSSR count). The van der Waals surface area contributed by atoms with Crippen molar-refractivity contribution in [3.8, 4) is 0 Å². The summed E-state index contributed by atoms with van der Waals surface area (Å²) in [6, 6.07) is 0. The van der Waals surface area contributed by atoms with E-state index in [1.807, 2.05) is 14.7 Å². The minimum absolute atomic E-state index is 0.00546. The van der Waals surface area contributed by atoms with E-state index in [0.29, 0.717) is 23.7 Å². The van der Waals surface area contributed by atoms with Crippen LogP contribution in [0, 0.1) is 0 Å². The molecule has 25 heavy (non-hydrogen) atoms. The molecule has 1 N–H and O–H groups in total. The van der Waals surface area contributed by atoms with Gasteiger partial charge in [-0.15, -0.1) is 9.24 Å². The van der Waals surface area contributed by atoms with Crippen molar-refractivity contribution in [2.24, 2.45) is 0 Å². The Balaban J connectivity index is 0.000000197. The van der Waals surface area contributed by atoms with Gasteiger partial charge in [-0.3, -0.25) is 9.59 Å². The number of carbonyl (C=O) groups is 2. The highest BCUT2D eigenvalue weighted by atomic mass is 31.0. The minimum Gasteiger partial charge on any atom is -0.396 e. The molecule has 6 nitrogen and oxygen atoms in total. The molecule has 4 aliphatic rings. The topological polar surface area (TPSA) is 63.4 Å². The van der Waals surface area contributed by atoms with Crippen molar-refractivity contribution < 1.29 is 14.7 Å². The molecule has 0 aromatic heterocycles. The first-order valence-electron chi connectivity index (χ1n) is 9.28. The number of hydrogen-bond acceptors (Lipinski definition) is 6. The summed E-state index contributed by atoms with van der Waals surface area (Å²) in [7, 11) is 2.70.